The minimum absolute atomic E-state index is 0.159. The molecular formula is C16H13N5O3S. The Hall–Kier alpha value is -3.07. The molecule has 0 saturated carbocycles. The Morgan fingerprint density at radius 3 is 3.04 bits per heavy atom. The van der Waals surface area contributed by atoms with Crippen molar-refractivity contribution in [2.24, 2.45) is 0 Å². The molecule has 1 aliphatic heterocycles. The zero-order chi connectivity index (χ0) is 17.1. The van der Waals surface area contributed by atoms with Crippen LogP contribution >= 0.6 is 11.8 Å². The number of aromatic amines is 1. The number of anilines is 1. The number of aromatic nitrogens is 4. The van der Waals surface area contributed by atoms with Crippen LogP contribution in [0.3, 0.4) is 0 Å². The monoisotopic (exact) mass is 355 g/mol. The van der Waals surface area contributed by atoms with Crippen LogP contribution in [-0.2, 0) is 4.79 Å². The van der Waals surface area contributed by atoms with E-state index >= 15 is 0 Å². The van der Waals surface area contributed by atoms with Crippen LogP contribution in [0.2, 0.25) is 0 Å². The summed E-state index contributed by atoms with van der Waals surface area (Å²) in [4.78, 5) is 20.6. The van der Waals surface area contributed by atoms with Crippen molar-refractivity contribution in [2.45, 2.75) is 5.16 Å². The predicted molar refractivity (Wildman–Crippen MR) is 91.5 cm³/mol. The van der Waals surface area contributed by atoms with E-state index in [0.29, 0.717) is 33.9 Å². The van der Waals surface area contributed by atoms with Crippen molar-refractivity contribution in [1.82, 2.24) is 20.2 Å². The van der Waals surface area contributed by atoms with Crippen LogP contribution < -0.4 is 14.8 Å². The molecule has 9 heteroatoms. The first kappa shape index (κ1) is 15.5. The number of pyridine rings is 1. The van der Waals surface area contributed by atoms with Gasteiger partial charge >= 0.3 is 0 Å². The molecule has 0 saturated heterocycles. The average Bonchev–Trinajstić information content (AvgIpc) is 3.30. The molecule has 0 spiro atoms. The number of carbonyl (C=O) groups excluding carboxylic acids is 1. The summed E-state index contributed by atoms with van der Waals surface area (Å²) in [6, 6.07) is 10.8. The fourth-order valence-electron chi connectivity index (χ4n) is 2.23. The highest BCUT2D eigenvalue weighted by Crippen LogP contribution is 2.34. The molecule has 126 valence electrons. The fourth-order valence-corrected chi connectivity index (χ4v) is 2.83. The van der Waals surface area contributed by atoms with E-state index in [4.69, 9.17) is 9.47 Å². The summed E-state index contributed by atoms with van der Waals surface area (Å²) in [7, 11) is 0. The molecule has 0 radical (unpaired) electrons. The lowest BCUT2D eigenvalue weighted by atomic mass is 10.3. The predicted octanol–water partition coefficient (Wildman–Crippen LogP) is 2.33. The molecule has 0 atom stereocenters. The third kappa shape index (κ3) is 3.56. The second-order valence-corrected chi connectivity index (χ2v) is 6.03. The minimum atomic E-state index is -0.159. The molecule has 0 fully saturated rings. The van der Waals surface area contributed by atoms with Crippen molar-refractivity contribution >= 4 is 23.4 Å². The molecular weight excluding hydrogens is 342 g/mol. The van der Waals surface area contributed by atoms with E-state index < -0.39 is 0 Å². The number of nitrogens with zero attached hydrogens (tertiary/aromatic N) is 3. The fraction of sp³-hybridized carbons (Fsp3) is 0.125. The first-order valence-electron chi connectivity index (χ1n) is 7.44. The van der Waals surface area contributed by atoms with Gasteiger partial charge in [0.15, 0.2) is 17.3 Å². The largest absolute Gasteiger partial charge is 0.454 e. The van der Waals surface area contributed by atoms with E-state index in [0.717, 1.165) is 0 Å². The Bertz CT molecular complexity index is 900. The maximum absolute atomic E-state index is 12.1. The summed E-state index contributed by atoms with van der Waals surface area (Å²) < 4.78 is 10.5. The number of fused-ring (bicyclic) bond motifs is 1. The number of amides is 1. The molecule has 0 aliphatic carbocycles. The molecule has 1 aliphatic rings. The van der Waals surface area contributed by atoms with Gasteiger partial charge in [0.25, 0.3) is 0 Å². The summed E-state index contributed by atoms with van der Waals surface area (Å²) >= 11 is 1.24. The highest BCUT2D eigenvalue weighted by molar-refractivity contribution is 7.99. The Balaban J connectivity index is 1.34. The van der Waals surface area contributed by atoms with Crippen molar-refractivity contribution in [3.05, 3.63) is 42.6 Å². The van der Waals surface area contributed by atoms with Gasteiger partial charge in [0.1, 0.15) is 5.69 Å². The molecule has 1 amide bonds. The SMILES string of the molecule is O=C(CSc1n[nH]c(-c2ccccn2)n1)Nc1ccc2c(c1)OCO2. The molecule has 25 heavy (non-hydrogen) atoms. The van der Waals surface area contributed by atoms with E-state index in [-0.39, 0.29) is 18.5 Å². The van der Waals surface area contributed by atoms with Gasteiger partial charge in [-0.25, -0.2) is 0 Å². The van der Waals surface area contributed by atoms with E-state index in [2.05, 4.69) is 25.5 Å². The van der Waals surface area contributed by atoms with Crippen LogP contribution in [0, 0.1) is 0 Å². The zero-order valence-corrected chi connectivity index (χ0v) is 13.7. The number of carbonyl (C=O) groups is 1. The number of H-pyrrole nitrogens is 1. The van der Waals surface area contributed by atoms with Gasteiger partial charge in [-0.1, -0.05) is 17.8 Å². The third-order valence-corrected chi connectivity index (χ3v) is 4.21. The van der Waals surface area contributed by atoms with Crippen LogP contribution in [0.25, 0.3) is 11.5 Å². The normalized spacial score (nSPS) is 12.2. The lowest BCUT2D eigenvalue weighted by Crippen LogP contribution is -2.14. The number of hydrogen-bond acceptors (Lipinski definition) is 7. The maximum Gasteiger partial charge on any atom is 0.234 e. The van der Waals surface area contributed by atoms with Crippen LogP contribution in [0.5, 0.6) is 11.5 Å². The Kier molecular flexibility index (Phi) is 4.21. The molecule has 0 bridgehead atoms. The van der Waals surface area contributed by atoms with E-state index in [1.54, 1.807) is 24.4 Å². The molecule has 1 aromatic carbocycles. The number of thioether (sulfide) groups is 1. The molecule has 2 aromatic heterocycles. The molecule has 4 rings (SSSR count). The molecule has 3 heterocycles. The lowest BCUT2D eigenvalue weighted by molar-refractivity contribution is -0.113. The number of hydrogen-bond donors (Lipinski definition) is 2. The molecule has 2 N–H and O–H groups in total. The summed E-state index contributed by atoms with van der Waals surface area (Å²) in [5, 5.41) is 10.2. The van der Waals surface area contributed by atoms with Crippen molar-refractivity contribution < 1.29 is 14.3 Å². The quantitative estimate of drug-likeness (QED) is 0.677. The van der Waals surface area contributed by atoms with Gasteiger partial charge < -0.3 is 14.8 Å². The van der Waals surface area contributed by atoms with Crippen LogP contribution in [0.1, 0.15) is 0 Å². The summed E-state index contributed by atoms with van der Waals surface area (Å²) in [6.07, 6.45) is 1.68. The van der Waals surface area contributed by atoms with Gasteiger partial charge in [-0.15, -0.1) is 5.10 Å². The maximum atomic E-state index is 12.1. The molecule has 3 aromatic rings. The first-order chi connectivity index (χ1) is 12.3. The highest BCUT2D eigenvalue weighted by atomic mass is 32.2. The van der Waals surface area contributed by atoms with Gasteiger partial charge in [-0.3, -0.25) is 14.9 Å². The van der Waals surface area contributed by atoms with E-state index in [9.17, 15) is 4.79 Å². The van der Waals surface area contributed by atoms with Gasteiger partial charge in [0, 0.05) is 18.0 Å². The van der Waals surface area contributed by atoms with Gasteiger partial charge in [-0.05, 0) is 24.3 Å². The smallest absolute Gasteiger partial charge is 0.234 e. The summed E-state index contributed by atoms with van der Waals surface area (Å²) in [5.41, 5.74) is 1.35. The lowest BCUT2D eigenvalue weighted by Gasteiger charge is -2.05. The van der Waals surface area contributed by atoms with Crippen molar-refractivity contribution in [1.29, 1.82) is 0 Å². The first-order valence-corrected chi connectivity index (χ1v) is 8.42. The average molecular weight is 355 g/mol. The summed E-state index contributed by atoms with van der Waals surface area (Å²) in [6.45, 7) is 0.200. The number of rotatable bonds is 5. The van der Waals surface area contributed by atoms with Crippen LogP contribution in [0.4, 0.5) is 5.69 Å². The van der Waals surface area contributed by atoms with Crippen LogP contribution in [-0.4, -0.2) is 38.6 Å². The number of benzene rings is 1. The number of nitrogens with one attached hydrogen (secondary N) is 2. The van der Waals surface area contributed by atoms with Gasteiger partial charge in [-0.2, -0.15) is 4.98 Å². The van der Waals surface area contributed by atoms with Gasteiger partial charge in [0.2, 0.25) is 17.9 Å². The Labute approximate surface area is 147 Å². The second-order valence-electron chi connectivity index (χ2n) is 5.09. The van der Waals surface area contributed by atoms with E-state index in [1.165, 1.54) is 11.8 Å². The molecule has 0 unspecified atom stereocenters. The topological polar surface area (TPSA) is 102 Å². The second kappa shape index (κ2) is 6.81. The number of ether oxygens (including phenoxy) is 2. The zero-order valence-electron chi connectivity index (χ0n) is 12.9. The minimum Gasteiger partial charge on any atom is -0.454 e. The van der Waals surface area contributed by atoms with Gasteiger partial charge in [0.05, 0.1) is 5.75 Å². The standard InChI is InChI=1S/C16H13N5O3S/c22-14(18-10-4-5-12-13(7-10)24-9-23-12)8-25-16-19-15(20-21-16)11-3-1-2-6-17-11/h1-7H,8-9H2,(H,18,22)(H,19,20,21). The van der Waals surface area contributed by atoms with Crippen molar-refractivity contribution in [3.8, 4) is 23.0 Å². The van der Waals surface area contributed by atoms with Crippen molar-refractivity contribution in [3.63, 3.8) is 0 Å². The third-order valence-electron chi connectivity index (χ3n) is 3.36. The van der Waals surface area contributed by atoms with Crippen LogP contribution in [0.15, 0.2) is 47.8 Å². The molecule has 8 nitrogen and oxygen atoms in total. The highest BCUT2D eigenvalue weighted by Gasteiger charge is 2.15. The summed E-state index contributed by atoms with van der Waals surface area (Å²) in [5.74, 6) is 1.90. The van der Waals surface area contributed by atoms with Crippen molar-refractivity contribution in [2.75, 3.05) is 17.9 Å². The van der Waals surface area contributed by atoms with E-state index in [1.807, 2.05) is 18.2 Å². The Morgan fingerprint density at radius 2 is 2.16 bits per heavy atom. The Morgan fingerprint density at radius 1 is 1.24 bits per heavy atom.